The van der Waals surface area contributed by atoms with Gasteiger partial charge < -0.3 is 4.98 Å². The number of thiophene rings is 1. The number of aromatic amines is 1. The molecule has 1 nitrogen and oxygen atoms in total. The normalized spacial score (nSPS) is 17.9. The van der Waals surface area contributed by atoms with Gasteiger partial charge in [-0.3, -0.25) is 0 Å². The van der Waals surface area contributed by atoms with Gasteiger partial charge in [-0.2, -0.15) is 0 Å². The van der Waals surface area contributed by atoms with Crippen molar-refractivity contribution in [1.29, 1.82) is 0 Å². The van der Waals surface area contributed by atoms with E-state index in [2.05, 4.69) is 60.5 Å². The standard InChI is InChI=1S/C19H15NS/c1-11-5-4-7-13-14-10-18-15(9-16(14)20-19(11)13)12-6-2-3-8-17(12)21-18/h2-4,6-11,20H,5H2,1H3. The number of nitrogens with one attached hydrogen (secondary N) is 1. The Hall–Kier alpha value is -2.06. The van der Waals surface area contributed by atoms with Crippen molar-refractivity contribution in [3.8, 4) is 0 Å². The molecule has 2 aromatic heterocycles. The highest BCUT2D eigenvalue weighted by atomic mass is 32.1. The Balaban J connectivity index is 1.94. The molecule has 2 heteroatoms. The van der Waals surface area contributed by atoms with Gasteiger partial charge in [0, 0.05) is 48.3 Å². The Bertz CT molecular complexity index is 1030. The number of allylic oxidation sites excluding steroid dienone is 1. The summed E-state index contributed by atoms with van der Waals surface area (Å²) in [7, 11) is 0. The van der Waals surface area contributed by atoms with Gasteiger partial charge in [-0.15, -0.1) is 11.3 Å². The lowest BCUT2D eigenvalue weighted by Gasteiger charge is -2.12. The van der Waals surface area contributed by atoms with Crippen molar-refractivity contribution in [2.45, 2.75) is 19.3 Å². The van der Waals surface area contributed by atoms with Gasteiger partial charge in [-0.05, 0) is 24.6 Å². The molecule has 1 unspecified atom stereocenters. The second-order valence-electron chi connectivity index (χ2n) is 5.98. The van der Waals surface area contributed by atoms with Crippen LogP contribution in [0, 0.1) is 0 Å². The van der Waals surface area contributed by atoms with Gasteiger partial charge in [0.1, 0.15) is 0 Å². The third-order valence-corrected chi connectivity index (χ3v) is 5.77. The lowest BCUT2D eigenvalue weighted by atomic mass is 9.93. The summed E-state index contributed by atoms with van der Waals surface area (Å²) in [5, 5.41) is 4.11. The summed E-state index contributed by atoms with van der Waals surface area (Å²) in [4.78, 5) is 3.67. The van der Waals surface area contributed by atoms with E-state index < -0.39 is 0 Å². The van der Waals surface area contributed by atoms with E-state index in [1.807, 2.05) is 11.3 Å². The highest BCUT2D eigenvalue weighted by Gasteiger charge is 2.18. The summed E-state index contributed by atoms with van der Waals surface area (Å²) in [6.07, 6.45) is 5.72. The zero-order valence-electron chi connectivity index (χ0n) is 11.8. The third kappa shape index (κ3) is 1.51. The van der Waals surface area contributed by atoms with Crippen LogP contribution in [0.1, 0.15) is 30.5 Å². The minimum Gasteiger partial charge on any atom is -0.358 e. The predicted octanol–water partition coefficient (Wildman–Crippen LogP) is 6.06. The summed E-state index contributed by atoms with van der Waals surface area (Å²) in [6.45, 7) is 2.30. The largest absolute Gasteiger partial charge is 0.358 e. The van der Waals surface area contributed by atoms with E-state index in [0.717, 1.165) is 6.42 Å². The molecule has 1 atom stereocenters. The molecule has 2 heterocycles. The fraction of sp³-hybridized carbons (Fsp3) is 0.158. The lowest BCUT2D eigenvalue weighted by Crippen LogP contribution is -1.97. The zero-order chi connectivity index (χ0) is 14.0. The first-order valence-corrected chi connectivity index (χ1v) is 8.26. The molecule has 4 aromatic rings. The van der Waals surface area contributed by atoms with Crippen molar-refractivity contribution in [2.24, 2.45) is 0 Å². The average molecular weight is 289 g/mol. The third-order valence-electron chi connectivity index (χ3n) is 4.63. The summed E-state index contributed by atoms with van der Waals surface area (Å²) in [5.74, 6) is 0.590. The van der Waals surface area contributed by atoms with Gasteiger partial charge in [-0.25, -0.2) is 0 Å². The highest BCUT2D eigenvalue weighted by molar-refractivity contribution is 7.25. The van der Waals surface area contributed by atoms with Crippen LogP contribution in [0.3, 0.4) is 0 Å². The maximum absolute atomic E-state index is 3.67. The summed E-state index contributed by atoms with van der Waals surface area (Å²) in [6, 6.07) is 13.4. The Morgan fingerprint density at radius 2 is 1.95 bits per heavy atom. The van der Waals surface area contributed by atoms with Crippen LogP contribution < -0.4 is 0 Å². The van der Waals surface area contributed by atoms with Crippen LogP contribution >= 0.6 is 11.3 Å². The van der Waals surface area contributed by atoms with E-state index in [1.54, 1.807) is 0 Å². The van der Waals surface area contributed by atoms with Crippen molar-refractivity contribution in [1.82, 2.24) is 4.98 Å². The molecule has 0 amide bonds. The molecule has 1 aliphatic carbocycles. The maximum Gasteiger partial charge on any atom is 0.0469 e. The molecule has 0 spiro atoms. The van der Waals surface area contributed by atoms with Gasteiger partial charge in [0.15, 0.2) is 0 Å². The molecule has 0 saturated carbocycles. The van der Waals surface area contributed by atoms with Gasteiger partial charge >= 0.3 is 0 Å². The number of hydrogen-bond donors (Lipinski definition) is 1. The predicted molar refractivity (Wildman–Crippen MR) is 93.3 cm³/mol. The molecule has 0 bridgehead atoms. The molecule has 0 fully saturated rings. The quantitative estimate of drug-likeness (QED) is 0.405. The van der Waals surface area contributed by atoms with Gasteiger partial charge in [0.05, 0.1) is 0 Å². The number of rotatable bonds is 0. The summed E-state index contributed by atoms with van der Waals surface area (Å²) >= 11 is 1.89. The fourth-order valence-electron chi connectivity index (χ4n) is 3.53. The van der Waals surface area contributed by atoms with Gasteiger partial charge in [-0.1, -0.05) is 37.3 Å². The van der Waals surface area contributed by atoms with E-state index in [4.69, 9.17) is 0 Å². The second-order valence-corrected chi connectivity index (χ2v) is 7.07. The van der Waals surface area contributed by atoms with E-state index in [-0.39, 0.29) is 0 Å². The number of H-pyrrole nitrogens is 1. The van der Waals surface area contributed by atoms with Crippen molar-refractivity contribution >= 4 is 48.5 Å². The first kappa shape index (κ1) is 11.6. The fourth-order valence-corrected chi connectivity index (χ4v) is 4.66. The Kier molecular flexibility index (Phi) is 2.20. The van der Waals surface area contributed by atoms with E-state index in [1.165, 1.54) is 42.3 Å². The number of benzene rings is 2. The van der Waals surface area contributed by atoms with E-state index >= 15 is 0 Å². The van der Waals surface area contributed by atoms with Crippen molar-refractivity contribution < 1.29 is 0 Å². The highest BCUT2D eigenvalue weighted by Crippen LogP contribution is 2.40. The maximum atomic E-state index is 3.67. The molecule has 5 rings (SSSR count). The van der Waals surface area contributed by atoms with Crippen LogP contribution in [-0.2, 0) is 0 Å². The molecular formula is C19H15NS. The molecule has 102 valence electrons. The molecule has 0 aliphatic heterocycles. The molecular weight excluding hydrogens is 274 g/mol. The molecule has 0 radical (unpaired) electrons. The van der Waals surface area contributed by atoms with Crippen LogP contribution in [0.15, 0.2) is 42.5 Å². The van der Waals surface area contributed by atoms with Crippen LogP contribution in [0.5, 0.6) is 0 Å². The topological polar surface area (TPSA) is 15.8 Å². The van der Waals surface area contributed by atoms with E-state index in [0.29, 0.717) is 5.92 Å². The SMILES string of the molecule is CC1CC=Cc2c1[nH]c1cc3c(cc21)sc1ccccc13. The number of aromatic nitrogens is 1. The number of fused-ring (bicyclic) bond motifs is 6. The minimum atomic E-state index is 0.590. The molecule has 21 heavy (non-hydrogen) atoms. The summed E-state index contributed by atoms with van der Waals surface area (Å²) < 4.78 is 2.76. The Morgan fingerprint density at radius 1 is 1.05 bits per heavy atom. The molecule has 1 N–H and O–H groups in total. The van der Waals surface area contributed by atoms with Crippen molar-refractivity contribution in [3.63, 3.8) is 0 Å². The second kappa shape index (κ2) is 3.99. The van der Waals surface area contributed by atoms with Crippen LogP contribution in [0.2, 0.25) is 0 Å². The zero-order valence-corrected chi connectivity index (χ0v) is 12.6. The Morgan fingerprint density at radius 3 is 2.90 bits per heavy atom. The van der Waals surface area contributed by atoms with Crippen molar-refractivity contribution in [2.75, 3.05) is 0 Å². The molecule has 1 aliphatic rings. The van der Waals surface area contributed by atoms with Gasteiger partial charge in [0.2, 0.25) is 0 Å². The molecule has 2 aromatic carbocycles. The van der Waals surface area contributed by atoms with E-state index in [9.17, 15) is 0 Å². The first-order valence-electron chi connectivity index (χ1n) is 7.44. The Labute approximate surface area is 126 Å². The summed E-state index contributed by atoms with van der Waals surface area (Å²) in [5.41, 5.74) is 4.06. The average Bonchev–Trinajstić information content (AvgIpc) is 3.04. The monoisotopic (exact) mass is 289 g/mol. The van der Waals surface area contributed by atoms with Crippen LogP contribution in [-0.4, -0.2) is 4.98 Å². The molecule has 0 saturated heterocycles. The first-order chi connectivity index (χ1) is 10.3. The van der Waals surface area contributed by atoms with Gasteiger partial charge in [0.25, 0.3) is 0 Å². The van der Waals surface area contributed by atoms with Crippen LogP contribution in [0.25, 0.3) is 37.2 Å². The van der Waals surface area contributed by atoms with Crippen LogP contribution in [0.4, 0.5) is 0 Å². The lowest BCUT2D eigenvalue weighted by molar-refractivity contribution is 0.750. The smallest absolute Gasteiger partial charge is 0.0469 e. The number of hydrogen-bond acceptors (Lipinski definition) is 1. The van der Waals surface area contributed by atoms with Crippen molar-refractivity contribution in [3.05, 3.63) is 53.7 Å². The minimum absolute atomic E-state index is 0.590.